The number of hydrogen-bond donors (Lipinski definition) is 1. The second kappa shape index (κ2) is 7.31. The van der Waals surface area contributed by atoms with E-state index in [1.807, 2.05) is 18.2 Å². The Bertz CT molecular complexity index is 891. The standard InChI is InChI=1S/C20H14F3NO2/c21-20(22,23)26-18-11-9-14(10-12-18)15-5-4-6-16(13-15)19(25)24-17-7-2-1-3-8-17/h1-13H,(H,24,25). The number of ether oxygens (including phenoxy) is 1. The van der Waals surface area contributed by atoms with Crippen molar-refractivity contribution in [3.05, 3.63) is 84.4 Å². The van der Waals surface area contributed by atoms with Crippen LogP contribution >= 0.6 is 0 Å². The monoisotopic (exact) mass is 357 g/mol. The molecule has 3 aromatic rings. The summed E-state index contributed by atoms with van der Waals surface area (Å²) >= 11 is 0. The number of rotatable bonds is 4. The molecule has 0 radical (unpaired) electrons. The van der Waals surface area contributed by atoms with Crippen molar-refractivity contribution >= 4 is 11.6 Å². The van der Waals surface area contributed by atoms with Crippen LogP contribution < -0.4 is 10.1 Å². The van der Waals surface area contributed by atoms with Gasteiger partial charge in [-0.3, -0.25) is 4.79 Å². The Hall–Kier alpha value is -3.28. The number of carbonyl (C=O) groups is 1. The summed E-state index contributed by atoms with van der Waals surface area (Å²) in [5.41, 5.74) is 2.51. The predicted octanol–water partition coefficient (Wildman–Crippen LogP) is 5.50. The van der Waals surface area contributed by atoms with Crippen LogP contribution in [0.25, 0.3) is 11.1 Å². The van der Waals surface area contributed by atoms with Crippen LogP contribution in [-0.4, -0.2) is 12.3 Å². The largest absolute Gasteiger partial charge is 0.573 e. The van der Waals surface area contributed by atoms with Crippen molar-refractivity contribution in [2.24, 2.45) is 0 Å². The van der Waals surface area contributed by atoms with Gasteiger partial charge in [0, 0.05) is 11.3 Å². The van der Waals surface area contributed by atoms with Gasteiger partial charge in [0.2, 0.25) is 0 Å². The maximum absolute atomic E-state index is 12.4. The van der Waals surface area contributed by atoms with Gasteiger partial charge in [-0.05, 0) is 47.5 Å². The molecule has 0 saturated heterocycles. The van der Waals surface area contributed by atoms with E-state index in [9.17, 15) is 18.0 Å². The van der Waals surface area contributed by atoms with Crippen LogP contribution in [0.15, 0.2) is 78.9 Å². The Morgan fingerprint density at radius 3 is 2.15 bits per heavy atom. The minimum Gasteiger partial charge on any atom is -0.406 e. The summed E-state index contributed by atoms with van der Waals surface area (Å²) in [6.07, 6.45) is -4.73. The van der Waals surface area contributed by atoms with Gasteiger partial charge in [-0.1, -0.05) is 42.5 Å². The highest BCUT2D eigenvalue weighted by atomic mass is 19.4. The molecule has 6 heteroatoms. The van der Waals surface area contributed by atoms with Gasteiger partial charge in [-0.25, -0.2) is 0 Å². The number of hydrogen-bond acceptors (Lipinski definition) is 2. The van der Waals surface area contributed by atoms with E-state index in [1.54, 1.807) is 36.4 Å². The molecule has 3 nitrogen and oxygen atoms in total. The van der Waals surface area contributed by atoms with Crippen molar-refractivity contribution in [3.8, 4) is 16.9 Å². The number of halogens is 3. The summed E-state index contributed by atoms with van der Waals surface area (Å²) < 4.78 is 40.5. The van der Waals surface area contributed by atoms with Crippen molar-refractivity contribution in [3.63, 3.8) is 0 Å². The fraction of sp³-hybridized carbons (Fsp3) is 0.0500. The lowest BCUT2D eigenvalue weighted by molar-refractivity contribution is -0.274. The minimum atomic E-state index is -4.73. The zero-order chi connectivity index (χ0) is 18.6. The quantitative estimate of drug-likeness (QED) is 0.669. The fourth-order valence-corrected chi connectivity index (χ4v) is 2.41. The van der Waals surface area contributed by atoms with Crippen molar-refractivity contribution in [1.82, 2.24) is 0 Å². The lowest BCUT2D eigenvalue weighted by atomic mass is 10.0. The molecule has 0 heterocycles. The molecule has 3 aromatic carbocycles. The predicted molar refractivity (Wildman–Crippen MR) is 93.0 cm³/mol. The van der Waals surface area contributed by atoms with E-state index < -0.39 is 6.36 Å². The highest BCUT2D eigenvalue weighted by molar-refractivity contribution is 6.04. The third-order valence-electron chi connectivity index (χ3n) is 3.58. The molecule has 132 valence electrons. The molecule has 0 aliphatic carbocycles. The molecule has 0 aromatic heterocycles. The molecule has 0 fully saturated rings. The van der Waals surface area contributed by atoms with E-state index in [4.69, 9.17) is 0 Å². The first kappa shape index (κ1) is 17.5. The smallest absolute Gasteiger partial charge is 0.406 e. The second-order valence-electron chi connectivity index (χ2n) is 5.47. The Morgan fingerprint density at radius 2 is 1.50 bits per heavy atom. The van der Waals surface area contributed by atoms with E-state index in [0.717, 1.165) is 0 Å². The third kappa shape index (κ3) is 4.63. The summed E-state index contributed by atoms with van der Waals surface area (Å²) in [4.78, 5) is 12.4. The molecule has 0 aliphatic rings. The van der Waals surface area contributed by atoms with Gasteiger partial charge in [0.15, 0.2) is 0 Å². The zero-order valence-corrected chi connectivity index (χ0v) is 13.5. The van der Waals surface area contributed by atoms with E-state index in [0.29, 0.717) is 22.4 Å². The molecule has 0 atom stereocenters. The summed E-state index contributed by atoms with van der Waals surface area (Å²) in [7, 11) is 0. The summed E-state index contributed by atoms with van der Waals surface area (Å²) in [6.45, 7) is 0. The molecule has 0 saturated carbocycles. The van der Waals surface area contributed by atoms with Crippen LogP contribution in [0.3, 0.4) is 0 Å². The summed E-state index contributed by atoms with van der Waals surface area (Å²) in [5, 5.41) is 2.79. The normalized spacial score (nSPS) is 11.0. The Labute approximate surface area is 148 Å². The first-order valence-corrected chi connectivity index (χ1v) is 7.73. The van der Waals surface area contributed by atoms with Gasteiger partial charge < -0.3 is 10.1 Å². The van der Waals surface area contributed by atoms with Crippen LogP contribution in [0.2, 0.25) is 0 Å². The molecule has 1 amide bonds. The van der Waals surface area contributed by atoms with Gasteiger partial charge in [0.25, 0.3) is 5.91 Å². The molecule has 0 bridgehead atoms. The molecule has 26 heavy (non-hydrogen) atoms. The molecule has 0 unspecified atom stereocenters. The van der Waals surface area contributed by atoms with E-state index in [-0.39, 0.29) is 11.7 Å². The van der Waals surface area contributed by atoms with E-state index in [2.05, 4.69) is 10.1 Å². The van der Waals surface area contributed by atoms with Gasteiger partial charge in [-0.15, -0.1) is 13.2 Å². The van der Waals surface area contributed by atoms with Crippen LogP contribution in [0.1, 0.15) is 10.4 Å². The average Bonchev–Trinajstić information content (AvgIpc) is 2.62. The highest BCUT2D eigenvalue weighted by Crippen LogP contribution is 2.27. The van der Waals surface area contributed by atoms with Crippen LogP contribution in [0, 0.1) is 0 Å². The third-order valence-corrected chi connectivity index (χ3v) is 3.58. The molecule has 3 rings (SSSR count). The maximum atomic E-state index is 12.4. The molecule has 0 aliphatic heterocycles. The van der Waals surface area contributed by atoms with Crippen molar-refractivity contribution in [1.29, 1.82) is 0 Å². The second-order valence-corrected chi connectivity index (χ2v) is 5.47. The number of anilines is 1. The van der Waals surface area contributed by atoms with Crippen molar-refractivity contribution < 1.29 is 22.7 Å². The Morgan fingerprint density at radius 1 is 0.808 bits per heavy atom. The number of alkyl halides is 3. The van der Waals surface area contributed by atoms with Crippen LogP contribution in [0.5, 0.6) is 5.75 Å². The molecular weight excluding hydrogens is 343 g/mol. The van der Waals surface area contributed by atoms with Crippen LogP contribution in [0.4, 0.5) is 18.9 Å². The number of amides is 1. The maximum Gasteiger partial charge on any atom is 0.573 e. The first-order valence-electron chi connectivity index (χ1n) is 7.73. The van der Waals surface area contributed by atoms with Gasteiger partial charge in [0.1, 0.15) is 5.75 Å². The Balaban J connectivity index is 1.77. The molecule has 0 spiro atoms. The average molecular weight is 357 g/mol. The van der Waals surface area contributed by atoms with Gasteiger partial charge >= 0.3 is 6.36 Å². The summed E-state index contributed by atoms with van der Waals surface area (Å²) in [6, 6.07) is 21.4. The van der Waals surface area contributed by atoms with Crippen molar-refractivity contribution in [2.75, 3.05) is 5.32 Å². The summed E-state index contributed by atoms with van der Waals surface area (Å²) in [5.74, 6) is -0.561. The number of para-hydroxylation sites is 1. The van der Waals surface area contributed by atoms with E-state index in [1.165, 1.54) is 24.3 Å². The lowest BCUT2D eigenvalue weighted by Crippen LogP contribution is -2.16. The minimum absolute atomic E-state index is 0.268. The Kier molecular flexibility index (Phi) is 4.93. The SMILES string of the molecule is O=C(Nc1ccccc1)c1cccc(-c2ccc(OC(F)(F)F)cc2)c1. The number of nitrogens with one attached hydrogen (secondary N) is 1. The topological polar surface area (TPSA) is 38.3 Å². The number of carbonyl (C=O) groups excluding carboxylic acids is 1. The first-order chi connectivity index (χ1) is 12.4. The van der Waals surface area contributed by atoms with Crippen LogP contribution in [-0.2, 0) is 0 Å². The number of benzene rings is 3. The van der Waals surface area contributed by atoms with Gasteiger partial charge in [-0.2, -0.15) is 0 Å². The fourth-order valence-electron chi connectivity index (χ4n) is 2.41. The van der Waals surface area contributed by atoms with E-state index >= 15 is 0 Å². The van der Waals surface area contributed by atoms with Crippen molar-refractivity contribution in [2.45, 2.75) is 6.36 Å². The van der Waals surface area contributed by atoms with Gasteiger partial charge in [0.05, 0.1) is 0 Å². The molecular formula is C20H14F3NO2. The zero-order valence-electron chi connectivity index (χ0n) is 13.5. The lowest BCUT2D eigenvalue weighted by Gasteiger charge is -2.10. The molecule has 1 N–H and O–H groups in total. The highest BCUT2D eigenvalue weighted by Gasteiger charge is 2.30.